The minimum atomic E-state index is -0.483. The molecule has 2 aromatic heterocycles. The van der Waals surface area contributed by atoms with E-state index in [0.717, 1.165) is 27.9 Å². The summed E-state index contributed by atoms with van der Waals surface area (Å²) in [6.07, 6.45) is 3.37. The first-order chi connectivity index (χ1) is 18.1. The standard InChI is InChI=1S/C30H32FN3O4/c1-19-15-21(17-32-26(19)11-8-12-27(35)37-30(2,3)4)28-33-29(38-34-28)20-13-14-23(22(16-20)18-36-5)24-9-6-7-10-25(24)31/h6-7,9-10,13-17H,8,11-12,18H2,1-5H3. The molecule has 4 rings (SSSR count). The van der Waals surface area contributed by atoms with Crippen LogP contribution in [0.3, 0.4) is 0 Å². The Balaban J connectivity index is 1.49. The first-order valence-electron chi connectivity index (χ1n) is 12.5. The zero-order valence-corrected chi connectivity index (χ0v) is 22.4. The summed E-state index contributed by atoms with van der Waals surface area (Å²) in [4.78, 5) is 21.1. The fourth-order valence-electron chi connectivity index (χ4n) is 4.18. The van der Waals surface area contributed by atoms with Crippen LogP contribution in [0.2, 0.25) is 0 Å². The normalized spacial score (nSPS) is 11.5. The second-order valence-electron chi connectivity index (χ2n) is 10.1. The molecule has 0 atom stereocenters. The predicted octanol–water partition coefficient (Wildman–Crippen LogP) is 6.72. The van der Waals surface area contributed by atoms with Crippen molar-refractivity contribution in [3.8, 4) is 34.0 Å². The molecule has 0 N–H and O–H groups in total. The highest BCUT2D eigenvalue weighted by Crippen LogP contribution is 2.31. The Morgan fingerprint density at radius 1 is 1.05 bits per heavy atom. The molecule has 7 nitrogen and oxygen atoms in total. The summed E-state index contributed by atoms with van der Waals surface area (Å²) in [5, 5.41) is 4.14. The van der Waals surface area contributed by atoms with Crippen LogP contribution in [0.1, 0.15) is 50.4 Å². The highest BCUT2D eigenvalue weighted by atomic mass is 19.1. The van der Waals surface area contributed by atoms with Crippen LogP contribution in [0, 0.1) is 12.7 Å². The number of methoxy groups -OCH3 is 1. The van der Waals surface area contributed by atoms with Crippen LogP contribution in [-0.2, 0) is 27.3 Å². The molecule has 38 heavy (non-hydrogen) atoms. The van der Waals surface area contributed by atoms with Gasteiger partial charge in [-0.2, -0.15) is 4.98 Å². The van der Waals surface area contributed by atoms with Crippen molar-refractivity contribution in [3.63, 3.8) is 0 Å². The monoisotopic (exact) mass is 517 g/mol. The van der Waals surface area contributed by atoms with Crippen LogP contribution in [0.5, 0.6) is 0 Å². The van der Waals surface area contributed by atoms with Crippen molar-refractivity contribution < 1.29 is 23.2 Å². The van der Waals surface area contributed by atoms with Gasteiger partial charge in [0.05, 0.1) is 6.61 Å². The lowest BCUT2D eigenvalue weighted by Gasteiger charge is -2.19. The maximum atomic E-state index is 14.4. The Hall–Kier alpha value is -3.91. The molecule has 0 amide bonds. The minimum absolute atomic E-state index is 0.207. The molecule has 2 aromatic carbocycles. The molecule has 8 heteroatoms. The number of ether oxygens (including phenoxy) is 2. The van der Waals surface area contributed by atoms with Crippen LogP contribution >= 0.6 is 0 Å². The molecular formula is C30H32FN3O4. The summed E-state index contributed by atoms with van der Waals surface area (Å²) >= 11 is 0. The van der Waals surface area contributed by atoms with Crippen molar-refractivity contribution in [3.05, 3.63) is 77.4 Å². The van der Waals surface area contributed by atoms with Gasteiger partial charge < -0.3 is 14.0 Å². The Labute approximate surface area is 222 Å². The van der Waals surface area contributed by atoms with Gasteiger partial charge in [-0.15, -0.1) is 0 Å². The van der Waals surface area contributed by atoms with E-state index in [4.69, 9.17) is 14.0 Å². The van der Waals surface area contributed by atoms with Crippen LogP contribution in [-0.4, -0.2) is 33.8 Å². The molecule has 0 aliphatic heterocycles. The number of hydrogen-bond donors (Lipinski definition) is 0. The number of halogens is 1. The van der Waals surface area contributed by atoms with E-state index in [-0.39, 0.29) is 11.8 Å². The highest BCUT2D eigenvalue weighted by Gasteiger charge is 2.18. The molecular weight excluding hydrogens is 485 g/mol. The molecule has 2 heterocycles. The molecule has 0 fully saturated rings. The van der Waals surface area contributed by atoms with Crippen molar-refractivity contribution in [2.45, 2.75) is 59.2 Å². The van der Waals surface area contributed by atoms with Crippen molar-refractivity contribution in [1.82, 2.24) is 15.1 Å². The zero-order valence-electron chi connectivity index (χ0n) is 22.4. The number of rotatable bonds is 9. The number of pyridine rings is 1. The van der Waals surface area contributed by atoms with Crippen molar-refractivity contribution in [2.24, 2.45) is 0 Å². The predicted molar refractivity (Wildman–Crippen MR) is 143 cm³/mol. The Morgan fingerprint density at radius 2 is 1.84 bits per heavy atom. The first kappa shape index (κ1) is 27.1. The number of aryl methyl sites for hydroxylation is 2. The van der Waals surface area contributed by atoms with Crippen LogP contribution in [0.15, 0.2) is 59.3 Å². The first-order valence-corrected chi connectivity index (χ1v) is 12.5. The van der Waals surface area contributed by atoms with E-state index in [2.05, 4.69) is 15.1 Å². The van der Waals surface area contributed by atoms with E-state index in [1.165, 1.54) is 6.07 Å². The minimum Gasteiger partial charge on any atom is -0.460 e. The Kier molecular flexibility index (Phi) is 8.32. The lowest BCUT2D eigenvalue weighted by molar-refractivity contribution is -0.154. The molecule has 0 spiro atoms. The third-order valence-corrected chi connectivity index (χ3v) is 5.90. The fourth-order valence-corrected chi connectivity index (χ4v) is 4.18. The largest absolute Gasteiger partial charge is 0.460 e. The third kappa shape index (κ3) is 6.69. The van der Waals surface area contributed by atoms with E-state index in [1.807, 2.05) is 52.0 Å². The maximum Gasteiger partial charge on any atom is 0.306 e. The smallest absolute Gasteiger partial charge is 0.306 e. The summed E-state index contributed by atoms with van der Waals surface area (Å²) in [5.41, 5.74) is 4.91. The average Bonchev–Trinajstić information content (AvgIpc) is 3.35. The lowest BCUT2D eigenvalue weighted by Crippen LogP contribution is -2.23. The summed E-state index contributed by atoms with van der Waals surface area (Å²) in [7, 11) is 1.60. The average molecular weight is 518 g/mol. The van der Waals surface area contributed by atoms with Gasteiger partial charge in [0.2, 0.25) is 5.82 Å². The van der Waals surface area contributed by atoms with Gasteiger partial charge in [0.1, 0.15) is 11.4 Å². The van der Waals surface area contributed by atoms with Crippen LogP contribution in [0.25, 0.3) is 34.0 Å². The van der Waals surface area contributed by atoms with Crippen molar-refractivity contribution in [1.29, 1.82) is 0 Å². The van der Waals surface area contributed by atoms with Crippen molar-refractivity contribution >= 4 is 5.97 Å². The van der Waals surface area contributed by atoms with Gasteiger partial charge in [0, 0.05) is 42.1 Å². The van der Waals surface area contributed by atoms with Gasteiger partial charge in [0.15, 0.2) is 0 Å². The van der Waals surface area contributed by atoms with Gasteiger partial charge in [-0.1, -0.05) is 29.4 Å². The second-order valence-corrected chi connectivity index (χ2v) is 10.1. The number of esters is 1. The van der Waals surface area contributed by atoms with Gasteiger partial charge >= 0.3 is 5.97 Å². The third-order valence-electron chi connectivity index (χ3n) is 5.90. The topological polar surface area (TPSA) is 87.3 Å². The number of carbonyl (C=O) groups excluding carboxylic acids is 1. The van der Waals surface area contributed by atoms with Crippen molar-refractivity contribution in [2.75, 3.05) is 7.11 Å². The van der Waals surface area contributed by atoms with Gasteiger partial charge in [-0.3, -0.25) is 9.78 Å². The number of aromatic nitrogens is 3. The summed E-state index contributed by atoms with van der Waals surface area (Å²) in [6.45, 7) is 7.85. The van der Waals surface area contributed by atoms with E-state index >= 15 is 0 Å². The maximum absolute atomic E-state index is 14.4. The number of carbonyl (C=O) groups is 1. The SMILES string of the molecule is COCc1cc(-c2nc(-c3cnc(CCCC(=O)OC(C)(C)C)c(C)c3)no2)ccc1-c1ccccc1F. The fraction of sp³-hybridized carbons (Fsp3) is 0.333. The highest BCUT2D eigenvalue weighted by molar-refractivity contribution is 5.72. The number of benzene rings is 2. The summed E-state index contributed by atoms with van der Waals surface area (Å²) in [5.74, 6) is 0.259. The molecule has 0 aliphatic rings. The molecule has 198 valence electrons. The van der Waals surface area contributed by atoms with Gasteiger partial charge in [0.25, 0.3) is 5.89 Å². The van der Waals surface area contributed by atoms with E-state index in [0.29, 0.717) is 48.7 Å². The molecule has 0 aliphatic carbocycles. The second kappa shape index (κ2) is 11.6. The van der Waals surface area contributed by atoms with E-state index in [9.17, 15) is 9.18 Å². The van der Waals surface area contributed by atoms with E-state index in [1.54, 1.807) is 31.5 Å². The molecule has 0 bridgehead atoms. The molecule has 0 radical (unpaired) electrons. The van der Waals surface area contributed by atoms with Crippen LogP contribution < -0.4 is 0 Å². The number of hydrogen-bond acceptors (Lipinski definition) is 7. The quantitative estimate of drug-likeness (QED) is 0.228. The number of nitrogens with zero attached hydrogens (tertiary/aromatic N) is 3. The Bertz CT molecular complexity index is 1430. The van der Waals surface area contributed by atoms with Gasteiger partial charge in [-0.25, -0.2) is 4.39 Å². The lowest BCUT2D eigenvalue weighted by atomic mass is 9.97. The van der Waals surface area contributed by atoms with E-state index < -0.39 is 5.60 Å². The van der Waals surface area contributed by atoms with Gasteiger partial charge in [-0.05, 0) is 81.5 Å². The van der Waals surface area contributed by atoms with Crippen LogP contribution in [0.4, 0.5) is 4.39 Å². The molecule has 0 saturated heterocycles. The summed E-state index contributed by atoms with van der Waals surface area (Å²) < 4.78 is 30.7. The summed E-state index contributed by atoms with van der Waals surface area (Å²) in [6, 6.07) is 14.1. The molecule has 4 aromatic rings. The zero-order chi connectivity index (χ0) is 27.3. The molecule has 0 unspecified atom stereocenters. The Morgan fingerprint density at radius 3 is 2.55 bits per heavy atom. The molecule has 0 saturated carbocycles.